The molecule has 0 unspecified atom stereocenters. The largest absolute Gasteiger partial charge is 0.489 e. The van der Waals surface area contributed by atoms with Gasteiger partial charge in [-0.1, -0.05) is 6.07 Å². The first-order valence-electron chi connectivity index (χ1n) is 5.46. The zero-order chi connectivity index (χ0) is 13.8. The van der Waals surface area contributed by atoms with E-state index in [0.717, 1.165) is 9.64 Å². The Balaban J connectivity index is 2.09. The number of halogens is 2. The van der Waals surface area contributed by atoms with E-state index in [1.54, 1.807) is 0 Å². The summed E-state index contributed by atoms with van der Waals surface area (Å²) >= 11 is 2.19. The highest BCUT2D eigenvalue weighted by molar-refractivity contribution is 14.1. The van der Waals surface area contributed by atoms with Gasteiger partial charge in [-0.25, -0.2) is 9.18 Å². The maximum absolute atomic E-state index is 13.2. The van der Waals surface area contributed by atoms with Gasteiger partial charge in [-0.2, -0.15) is 0 Å². The van der Waals surface area contributed by atoms with E-state index in [1.807, 2.05) is 24.3 Å². The number of aromatic carboxylic acids is 1. The molecule has 0 aliphatic heterocycles. The molecule has 0 aromatic heterocycles. The van der Waals surface area contributed by atoms with Gasteiger partial charge in [-0.15, -0.1) is 0 Å². The maximum atomic E-state index is 13.2. The van der Waals surface area contributed by atoms with Crippen molar-refractivity contribution < 1.29 is 19.0 Å². The Hall–Kier alpha value is -1.63. The summed E-state index contributed by atoms with van der Waals surface area (Å²) in [6.45, 7) is 0.196. The fourth-order valence-corrected chi connectivity index (χ4v) is 1.88. The molecular formula is C14H10FIO3. The van der Waals surface area contributed by atoms with Gasteiger partial charge in [0.05, 0.1) is 5.56 Å². The summed E-state index contributed by atoms with van der Waals surface area (Å²) in [7, 11) is 0. The highest BCUT2D eigenvalue weighted by atomic mass is 127. The van der Waals surface area contributed by atoms with Crippen LogP contribution in [0.4, 0.5) is 4.39 Å². The first kappa shape index (κ1) is 13.8. The fraction of sp³-hybridized carbons (Fsp3) is 0.0714. The van der Waals surface area contributed by atoms with Crippen LogP contribution >= 0.6 is 22.6 Å². The van der Waals surface area contributed by atoms with E-state index < -0.39 is 11.8 Å². The van der Waals surface area contributed by atoms with Crippen LogP contribution < -0.4 is 4.74 Å². The lowest BCUT2D eigenvalue weighted by molar-refractivity contribution is 0.0691. The number of hydrogen-bond donors (Lipinski definition) is 1. The van der Waals surface area contributed by atoms with Gasteiger partial charge in [0, 0.05) is 3.57 Å². The number of hydrogen-bond acceptors (Lipinski definition) is 2. The third-order valence-electron chi connectivity index (χ3n) is 2.48. The van der Waals surface area contributed by atoms with Crippen LogP contribution in [-0.2, 0) is 6.61 Å². The van der Waals surface area contributed by atoms with Crippen LogP contribution in [0, 0.1) is 9.39 Å². The standard InChI is InChI=1S/C14H10FIO3/c15-13-6-1-9(7-12(13)14(17)18)8-19-11-4-2-10(16)3-5-11/h1-7H,8H2,(H,17,18). The van der Waals surface area contributed by atoms with Crippen molar-refractivity contribution in [3.8, 4) is 5.75 Å². The van der Waals surface area contributed by atoms with Gasteiger partial charge in [0.25, 0.3) is 0 Å². The Bertz CT molecular complexity index is 596. The zero-order valence-corrected chi connectivity index (χ0v) is 11.9. The summed E-state index contributed by atoms with van der Waals surface area (Å²) in [6.07, 6.45) is 0. The summed E-state index contributed by atoms with van der Waals surface area (Å²) in [5.74, 6) is -1.35. The second-order valence-electron chi connectivity index (χ2n) is 3.86. The van der Waals surface area contributed by atoms with Crippen molar-refractivity contribution in [3.63, 3.8) is 0 Å². The van der Waals surface area contributed by atoms with E-state index in [1.165, 1.54) is 12.1 Å². The zero-order valence-electron chi connectivity index (χ0n) is 9.77. The van der Waals surface area contributed by atoms with Gasteiger partial charge >= 0.3 is 5.97 Å². The van der Waals surface area contributed by atoms with Gasteiger partial charge in [-0.05, 0) is 64.6 Å². The second kappa shape index (κ2) is 6.01. The van der Waals surface area contributed by atoms with Crippen LogP contribution in [0.3, 0.4) is 0 Å². The van der Waals surface area contributed by atoms with Crippen LogP contribution in [0.5, 0.6) is 5.75 Å². The van der Waals surface area contributed by atoms with Gasteiger partial charge in [0.1, 0.15) is 18.2 Å². The minimum atomic E-state index is -1.28. The van der Waals surface area contributed by atoms with E-state index >= 15 is 0 Å². The van der Waals surface area contributed by atoms with E-state index in [4.69, 9.17) is 9.84 Å². The first-order valence-corrected chi connectivity index (χ1v) is 6.54. The molecule has 0 radical (unpaired) electrons. The van der Waals surface area contributed by atoms with Crippen molar-refractivity contribution in [1.82, 2.24) is 0 Å². The number of benzene rings is 2. The van der Waals surface area contributed by atoms with Gasteiger partial charge in [0.2, 0.25) is 0 Å². The van der Waals surface area contributed by atoms with Gasteiger partial charge < -0.3 is 9.84 Å². The molecule has 5 heteroatoms. The molecule has 0 saturated carbocycles. The van der Waals surface area contributed by atoms with Crippen molar-refractivity contribution >= 4 is 28.6 Å². The van der Waals surface area contributed by atoms with Crippen LogP contribution in [-0.4, -0.2) is 11.1 Å². The normalized spacial score (nSPS) is 10.2. The maximum Gasteiger partial charge on any atom is 0.338 e. The average molecular weight is 372 g/mol. The molecule has 0 atom stereocenters. The summed E-state index contributed by atoms with van der Waals surface area (Å²) in [6, 6.07) is 11.4. The van der Waals surface area contributed by atoms with Crippen molar-refractivity contribution in [2.75, 3.05) is 0 Å². The Morgan fingerprint density at radius 1 is 1.21 bits per heavy atom. The highest BCUT2D eigenvalue weighted by Crippen LogP contribution is 2.16. The molecule has 2 rings (SSSR count). The highest BCUT2D eigenvalue weighted by Gasteiger charge is 2.10. The first-order chi connectivity index (χ1) is 9.06. The number of ether oxygens (including phenoxy) is 1. The quantitative estimate of drug-likeness (QED) is 0.833. The summed E-state index contributed by atoms with van der Waals surface area (Å²) in [5.41, 5.74) is 0.265. The number of carbonyl (C=O) groups is 1. The van der Waals surface area contributed by atoms with Gasteiger partial charge in [-0.3, -0.25) is 0 Å². The Kier molecular flexibility index (Phi) is 4.36. The molecule has 0 saturated heterocycles. The number of carboxylic acid groups (broad SMARTS) is 1. The molecular weight excluding hydrogens is 362 g/mol. The Labute approximate surface area is 123 Å². The van der Waals surface area contributed by atoms with Crippen molar-refractivity contribution in [2.24, 2.45) is 0 Å². The number of carboxylic acids is 1. The lowest BCUT2D eigenvalue weighted by Crippen LogP contribution is -2.03. The molecule has 98 valence electrons. The van der Waals surface area contributed by atoms with Crippen LogP contribution in [0.2, 0.25) is 0 Å². The molecule has 0 spiro atoms. The smallest absolute Gasteiger partial charge is 0.338 e. The molecule has 0 heterocycles. The predicted octanol–water partition coefficient (Wildman–Crippen LogP) is 3.71. The molecule has 2 aromatic rings. The van der Waals surface area contributed by atoms with E-state index in [9.17, 15) is 9.18 Å². The third kappa shape index (κ3) is 3.66. The van der Waals surface area contributed by atoms with Crippen LogP contribution in [0.25, 0.3) is 0 Å². The minimum Gasteiger partial charge on any atom is -0.489 e. The van der Waals surface area contributed by atoms with Gasteiger partial charge in [0.15, 0.2) is 0 Å². The minimum absolute atomic E-state index is 0.196. The second-order valence-corrected chi connectivity index (χ2v) is 5.11. The summed E-state index contributed by atoms with van der Waals surface area (Å²) < 4.78 is 19.8. The monoisotopic (exact) mass is 372 g/mol. The van der Waals surface area contributed by atoms with Crippen molar-refractivity contribution in [1.29, 1.82) is 0 Å². The molecule has 3 nitrogen and oxygen atoms in total. The fourth-order valence-electron chi connectivity index (χ4n) is 1.52. The molecule has 0 bridgehead atoms. The average Bonchev–Trinajstić information content (AvgIpc) is 2.39. The lowest BCUT2D eigenvalue weighted by atomic mass is 10.1. The molecule has 0 aliphatic carbocycles. The van der Waals surface area contributed by atoms with E-state index in [0.29, 0.717) is 11.3 Å². The molecule has 1 N–H and O–H groups in total. The SMILES string of the molecule is O=C(O)c1cc(COc2ccc(I)cc2)ccc1F. The molecule has 19 heavy (non-hydrogen) atoms. The van der Waals surface area contributed by atoms with Crippen LogP contribution in [0.15, 0.2) is 42.5 Å². The van der Waals surface area contributed by atoms with E-state index in [2.05, 4.69) is 22.6 Å². The molecule has 2 aromatic carbocycles. The summed E-state index contributed by atoms with van der Waals surface area (Å²) in [4.78, 5) is 10.8. The number of rotatable bonds is 4. The van der Waals surface area contributed by atoms with Crippen molar-refractivity contribution in [2.45, 2.75) is 6.61 Å². The topological polar surface area (TPSA) is 46.5 Å². The predicted molar refractivity (Wildman–Crippen MR) is 76.9 cm³/mol. The Morgan fingerprint density at radius 3 is 2.53 bits per heavy atom. The third-order valence-corrected chi connectivity index (χ3v) is 3.20. The molecule has 0 fully saturated rings. The van der Waals surface area contributed by atoms with E-state index in [-0.39, 0.29) is 12.2 Å². The summed E-state index contributed by atoms with van der Waals surface area (Å²) in [5, 5.41) is 8.82. The Morgan fingerprint density at radius 2 is 1.89 bits per heavy atom. The molecule has 0 aliphatic rings. The lowest BCUT2D eigenvalue weighted by Gasteiger charge is -2.07. The van der Waals surface area contributed by atoms with Crippen LogP contribution in [0.1, 0.15) is 15.9 Å². The molecule has 0 amide bonds. The van der Waals surface area contributed by atoms with Crippen molar-refractivity contribution in [3.05, 3.63) is 63.0 Å².